The van der Waals surface area contributed by atoms with Gasteiger partial charge in [0.05, 0.1) is 5.41 Å². The average molecular weight is 682 g/mol. The molecule has 0 aromatic heterocycles. The minimum absolute atomic E-state index is 0.258. The maximum absolute atomic E-state index is 10.5. The summed E-state index contributed by atoms with van der Waals surface area (Å²) < 4.78 is 0. The van der Waals surface area contributed by atoms with Crippen LogP contribution in [0.5, 0.6) is 5.75 Å². The Labute approximate surface area is 311 Å². The van der Waals surface area contributed by atoms with Crippen LogP contribution in [0.1, 0.15) is 33.4 Å². The number of hydrogen-bond donors (Lipinski definition) is 1. The second-order valence-corrected chi connectivity index (χ2v) is 14.1. The third-order valence-electron chi connectivity index (χ3n) is 10.7. The standard InChI is InChI=1S/C51H39NO/c1-35-31-36(2)33-42(32-35)51(41-21-28-46(53)29-22-41)49-16-10-9-15-47(49)48-30-27-45(34-50(48)51)52(43-23-17-39(18-24-43)37-11-5-3-6-12-37)44-25-19-40(20-26-44)38-13-7-4-8-14-38/h3-34,53H,1-2H3. The number of aryl methyl sites for hydroxylation is 2. The van der Waals surface area contributed by atoms with Gasteiger partial charge in [-0.3, -0.25) is 0 Å². The van der Waals surface area contributed by atoms with Gasteiger partial charge in [-0.25, -0.2) is 0 Å². The molecule has 1 unspecified atom stereocenters. The van der Waals surface area contributed by atoms with Gasteiger partial charge in [-0.1, -0.05) is 157 Å². The molecule has 0 saturated carbocycles. The van der Waals surface area contributed by atoms with Crippen molar-refractivity contribution < 1.29 is 5.11 Å². The van der Waals surface area contributed by atoms with Crippen LogP contribution in [0.15, 0.2) is 194 Å². The molecule has 0 fully saturated rings. The van der Waals surface area contributed by atoms with E-state index in [1.165, 1.54) is 61.2 Å². The summed E-state index contributed by atoms with van der Waals surface area (Å²) in [6.07, 6.45) is 0. The number of anilines is 3. The van der Waals surface area contributed by atoms with E-state index >= 15 is 0 Å². The van der Waals surface area contributed by atoms with E-state index in [0.29, 0.717) is 0 Å². The topological polar surface area (TPSA) is 23.5 Å². The first kappa shape index (κ1) is 32.3. The Morgan fingerprint density at radius 1 is 0.377 bits per heavy atom. The molecule has 0 aliphatic heterocycles. The molecule has 0 spiro atoms. The van der Waals surface area contributed by atoms with Crippen molar-refractivity contribution in [3.8, 4) is 39.1 Å². The lowest BCUT2D eigenvalue weighted by molar-refractivity contribution is 0.475. The molecule has 9 rings (SSSR count). The fraction of sp³-hybridized carbons (Fsp3) is 0.0588. The Bertz CT molecular complexity index is 2450. The number of nitrogens with zero attached hydrogens (tertiary/aromatic N) is 1. The van der Waals surface area contributed by atoms with Crippen molar-refractivity contribution in [3.05, 3.63) is 228 Å². The van der Waals surface area contributed by atoms with Gasteiger partial charge >= 0.3 is 0 Å². The molecule has 8 aromatic rings. The largest absolute Gasteiger partial charge is 0.508 e. The zero-order valence-corrected chi connectivity index (χ0v) is 29.9. The van der Waals surface area contributed by atoms with Crippen LogP contribution >= 0.6 is 0 Å². The van der Waals surface area contributed by atoms with Crippen LogP contribution in [0.4, 0.5) is 17.1 Å². The highest BCUT2D eigenvalue weighted by Crippen LogP contribution is 2.57. The maximum Gasteiger partial charge on any atom is 0.115 e. The van der Waals surface area contributed by atoms with Gasteiger partial charge in [0, 0.05) is 17.1 Å². The van der Waals surface area contributed by atoms with Crippen LogP contribution in [0.3, 0.4) is 0 Å². The second-order valence-electron chi connectivity index (χ2n) is 14.1. The molecule has 2 heteroatoms. The quantitative estimate of drug-likeness (QED) is 0.181. The highest BCUT2D eigenvalue weighted by atomic mass is 16.3. The predicted molar refractivity (Wildman–Crippen MR) is 220 cm³/mol. The third kappa shape index (κ3) is 5.60. The van der Waals surface area contributed by atoms with E-state index in [-0.39, 0.29) is 5.75 Å². The molecule has 1 aliphatic carbocycles. The summed E-state index contributed by atoms with van der Waals surface area (Å²) in [5.74, 6) is 0.258. The number of aromatic hydroxyl groups is 1. The highest BCUT2D eigenvalue weighted by Gasteiger charge is 2.46. The molecule has 1 N–H and O–H groups in total. The Balaban J connectivity index is 1.27. The zero-order valence-electron chi connectivity index (χ0n) is 29.9. The smallest absolute Gasteiger partial charge is 0.115 e. The Hall–Kier alpha value is -6.64. The molecule has 1 aliphatic rings. The number of hydrogen-bond acceptors (Lipinski definition) is 2. The van der Waals surface area contributed by atoms with Crippen molar-refractivity contribution >= 4 is 17.1 Å². The summed E-state index contributed by atoms with van der Waals surface area (Å²) in [6.45, 7) is 4.36. The van der Waals surface area contributed by atoms with Crippen molar-refractivity contribution in [2.75, 3.05) is 4.90 Å². The van der Waals surface area contributed by atoms with Crippen LogP contribution in [-0.2, 0) is 5.41 Å². The average Bonchev–Trinajstić information content (AvgIpc) is 3.50. The number of fused-ring (bicyclic) bond motifs is 3. The van der Waals surface area contributed by atoms with Crippen LogP contribution in [0.25, 0.3) is 33.4 Å². The van der Waals surface area contributed by atoms with Gasteiger partial charge in [0.2, 0.25) is 0 Å². The van der Waals surface area contributed by atoms with Crippen LogP contribution in [0.2, 0.25) is 0 Å². The van der Waals surface area contributed by atoms with E-state index in [1.807, 2.05) is 12.1 Å². The number of rotatable bonds is 7. The van der Waals surface area contributed by atoms with E-state index in [0.717, 1.165) is 22.6 Å². The molecule has 8 aromatic carbocycles. The first-order valence-corrected chi connectivity index (χ1v) is 18.2. The molecular weight excluding hydrogens is 643 g/mol. The van der Waals surface area contributed by atoms with Crippen LogP contribution in [-0.4, -0.2) is 5.11 Å². The van der Waals surface area contributed by atoms with E-state index < -0.39 is 5.41 Å². The number of phenolic OH excluding ortho intramolecular Hbond substituents is 1. The molecule has 53 heavy (non-hydrogen) atoms. The Morgan fingerprint density at radius 3 is 1.42 bits per heavy atom. The monoisotopic (exact) mass is 681 g/mol. The summed E-state index contributed by atoms with van der Waals surface area (Å²) in [4.78, 5) is 2.37. The molecule has 0 radical (unpaired) electrons. The molecule has 0 saturated heterocycles. The van der Waals surface area contributed by atoms with Gasteiger partial charge in [-0.2, -0.15) is 0 Å². The Kier molecular flexibility index (Phi) is 8.01. The van der Waals surface area contributed by atoms with Crippen LogP contribution < -0.4 is 4.90 Å². The van der Waals surface area contributed by atoms with E-state index in [2.05, 4.69) is 201 Å². The summed E-state index contributed by atoms with van der Waals surface area (Å²) in [5, 5.41) is 10.5. The zero-order chi connectivity index (χ0) is 35.9. The Morgan fingerprint density at radius 2 is 0.849 bits per heavy atom. The first-order valence-electron chi connectivity index (χ1n) is 18.2. The lowest BCUT2D eigenvalue weighted by Crippen LogP contribution is -2.29. The molecule has 0 amide bonds. The predicted octanol–water partition coefficient (Wildman–Crippen LogP) is 13.2. The summed E-state index contributed by atoms with van der Waals surface area (Å²) in [6, 6.07) is 69.4. The van der Waals surface area contributed by atoms with Gasteiger partial charge < -0.3 is 10.0 Å². The normalized spacial score (nSPS) is 14.4. The third-order valence-corrected chi connectivity index (χ3v) is 10.7. The summed E-state index contributed by atoms with van der Waals surface area (Å²) >= 11 is 0. The van der Waals surface area contributed by atoms with Crippen molar-refractivity contribution in [1.29, 1.82) is 0 Å². The van der Waals surface area contributed by atoms with Gasteiger partial charge in [0.15, 0.2) is 0 Å². The molecular formula is C51H39NO. The van der Waals surface area contributed by atoms with E-state index in [1.54, 1.807) is 0 Å². The molecule has 1 atom stereocenters. The molecule has 0 bridgehead atoms. The first-order chi connectivity index (χ1) is 26.0. The highest BCUT2D eigenvalue weighted by molar-refractivity contribution is 5.90. The fourth-order valence-corrected chi connectivity index (χ4v) is 8.41. The van der Waals surface area contributed by atoms with E-state index in [4.69, 9.17) is 0 Å². The molecule has 254 valence electrons. The van der Waals surface area contributed by atoms with Crippen molar-refractivity contribution in [2.45, 2.75) is 19.3 Å². The van der Waals surface area contributed by atoms with Crippen molar-refractivity contribution in [1.82, 2.24) is 0 Å². The van der Waals surface area contributed by atoms with Gasteiger partial charge in [-0.05, 0) is 118 Å². The number of benzene rings is 8. The maximum atomic E-state index is 10.5. The molecule has 0 heterocycles. The van der Waals surface area contributed by atoms with Crippen LogP contribution in [0, 0.1) is 13.8 Å². The lowest BCUT2D eigenvalue weighted by Gasteiger charge is -2.35. The van der Waals surface area contributed by atoms with Crippen molar-refractivity contribution in [2.24, 2.45) is 0 Å². The summed E-state index contributed by atoms with van der Waals surface area (Å²) in [7, 11) is 0. The minimum atomic E-state index is -0.605. The van der Waals surface area contributed by atoms with E-state index in [9.17, 15) is 5.11 Å². The SMILES string of the molecule is Cc1cc(C)cc(C2(c3ccc(O)cc3)c3ccccc3-c3ccc(N(c4ccc(-c5ccccc5)cc4)c4ccc(-c5ccccc5)cc4)cc32)c1. The van der Waals surface area contributed by atoms with Crippen molar-refractivity contribution in [3.63, 3.8) is 0 Å². The van der Waals surface area contributed by atoms with Gasteiger partial charge in [0.25, 0.3) is 0 Å². The fourth-order valence-electron chi connectivity index (χ4n) is 8.41. The molecule has 2 nitrogen and oxygen atoms in total. The lowest BCUT2D eigenvalue weighted by atomic mass is 9.67. The van der Waals surface area contributed by atoms with Gasteiger partial charge in [-0.15, -0.1) is 0 Å². The second kappa shape index (κ2) is 13.2. The number of phenols is 1. The van der Waals surface area contributed by atoms with Gasteiger partial charge in [0.1, 0.15) is 5.75 Å². The minimum Gasteiger partial charge on any atom is -0.508 e. The summed E-state index contributed by atoms with van der Waals surface area (Å²) in [5.41, 5.74) is 17.1.